The summed E-state index contributed by atoms with van der Waals surface area (Å²) in [5.74, 6) is 0.449. The van der Waals surface area contributed by atoms with Gasteiger partial charge in [-0.25, -0.2) is 9.79 Å². The molecule has 2 aromatic heterocycles. The lowest BCUT2D eigenvalue weighted by atomic mass is 9.95. The first-order valence-corrected chi connectivity index (χ1v) is 17.0. The number of hydrogen-bond acceptors (Lipinski definition) is 9. The lowest BCUT2D eigenvalue weighted by molar-refractivity contribution is -0.139. The van der Waals surface area contributed by atoms with Gasteiger partial charge in [0.25, 0.3) is 5.56 Å². The van der Waals surface area contributed by atoms with Crippen LogP contribution in [0.3, 0.4) is 0 Å². The Bertz CT molecular complexity index is 2070. The number of nitrogens with zero attached hydrogens (tertiary/aromatic N) is 4. The minimum Gasteiger partial charge on any atom is -0.493 e. The van der Waals surface area contributed by atoms with E-state index >= 15 is 0 Å². The number of allylic oxidation sites excluding steroid dienone is 1. The van der Waals surface area contributed by atoms with Crippen LogP contribution in [0.1, 0.15) is 37.9 Å². The molecule has 1 amide bonds. The molecule has 1 fully saturated rings. The predicted molar refractivity (Wildman–Crippen MR) is 182 cm³/mol. The number of methoxy groups -OCH3 is 1. The van der Waals surface area contributed by atoms with Crippen LogP contribution in [-0.2, 0) is 25.6 Å². The van der Waals surface area contributed by atoms with Crippen molar-refractivity contribution in [2.75, 3.05) is 46.6 Å². The van der Waals surface area contributed by atoms with E-state index in [2.05, 4.69) is 15.9 Å². The summed E-state index contributed by atoms with van der Waals surface area (Å²) in [6.07, 6.45) is 3.74. The highest BCUT2D eigenvalue weighted by Gasteiger charge is 2.35. The second-order valence-electron chi connectivity index (χ2n) is 11.0. The molecule has 1 atom stereocenters. The number of esters is 1. The zero-order valence-electron chi connectivity index (χ0n) is 26.6. The van der Waals surface area contributed by atoms with E-state index in [-0.39, 0.29) is 30.2 Å². The summed E-state index contributed by atoms with van der Waals surface area (Å²) >= 11 is 4.90. The normalized spacial score (nSPS) is 16.7. The summed E-state index contributed by atoms with van der Waals surface area (Å²) in [5, 5.41) is 0.910. The number of hydrogen-bond donors (Lipinski definition) is 0. The van der Waals surface area contributed by atoms with Gasteiger partial charge in [0.2, 0.25) is 5.91 Å². The molecule has 0 radical (unpaired) electrons. The molecule has 0 spiro atoms. The molecule has 1 saturated heterocycles. The molecule has 0 N–H and O–H groups in total. The SMILES string of the molecule is CCOC(=O)C1=C(C)N=c2s/c(=C/c3cn(CC(=O)N4CCOCC4)c4ccccc34)c(=O)n2[C@@H]1c1cc(OCC)c(OC)cc1Br. The molecular weight excluding hydrogens is 688 g/mol. The first kappa shape index (κ1) is 32.7. The smallest absolute Gasteiger partial charge is 0.338 e. The molecule has 2 aliphatic rings. The van der Waals surface area contributed by atoms with Crippen LogP contribution in [0.4, 0.5) is 0 Å². The third-order valence-electron chi connectivity index (χ3n) is 8.17. The average Bonchev–Trinajstić information content (AvgIpc) is 3.57. The fourth-order valence-corrected chi connectivity index (χ4v) is 7.57. The monoisotopic (exact) mass is 722 g/mol. The van der Waals surface area contributed by atoms with Gasteiger partial charge >= 0.3 is 5.97 Å². The van der Waals surface area contributed by atoms with Crippen molar-refractivity contribution in [2.45, 2.75) is 33.4 Å². The lowest BCUT2D eigenvalue weighted by Gasteiger charge is -2.27. The van der Waals surface area contributed by atoms with Gasteiger partial charge in [-0.3, -0.25) is 14.2 Å². The number of thiazole rings is 1. The van der Waals surface area contributed by atoms with E-state index in [0.717, 1.165) is 16.5 Å². The van der Waals surface area contributed by atoms with Gasteiger partial charge in [0.1, 0.15) is 6.54 Å². The van der Waals surface area contributed by atoms with Crippen molar-refractivity contribution in [2.24, 2.45) is 4.99 Å². The number of morpholine rings is 1. The average molecular weight is 724 g/mol. The Labute approximate surface area is 283 Å². The topological polar surface area (TPSA) is 114 Å². The molecule has 246 valence electrons. The second-order valence-corrected chi connectivity index (χ2v) is 12.8. The number of fused-ring (bicyclic) bond motifs is 2. The van der Waals surface area contributed by atoms with Crippen molar-refractivity contribution in [3.8, 4) is 11.5 Å². The number of para-hydroxylation sites is 1. The van der Waals surface area contributed by atoms with E-state index in [1.165, 1.54) is 11.3 Å². The third kappa shape index (κ3) is 6.27. The molecule has 0 bridgehead atoms. The van der Waals surface area contributed by atoms with Gasteiger partial charge in [0, 0.05) is 40.2 Å². The molecule has 13 heteroatoms. The number of rotatable bonds is 9. The Morgan fingerprint density at radius 1 is 1.13 bits per heavy atom. The minimum atomic E-state index is -0.848. The second kappa shape index (κ2) is 13.9. The Balaban J connectivity index is 1.50. The van der Waals surface area contributed by atoms with Gasteiger partial charge in [0.05, 0.1) is 55.4 Å². The summed E-state index contributed by atoms with van der Waals surface area (Å²) in [6, 6.07) is 10.5. The van der Waals surface area contributed by atoms with Crippen molar-refractivity contribution in [1.82, 2.24) is 14.0 Å². The summed E-state index contributed by atoms with van der Waals surface area (Å²) in [4.78, 5) is 47.9. The van der Waals surface area contributed by atoms with Crippen LogP contribution in [-0.4, -0.2) is 72.5 Å². The van der Waals surface area contributed by atoms with E-state index in [1.54, 1.807) is 37.7 Å². The van der Waals surface area contributed by atoms with E-state index < -0.39 is 12.0 Å². The van der Waals surface area contributed by atoms with Crippen LogP contribution >= 0.6 is 27.3 Å². The molecule has 6 rings (SSSR count). The Kier molecular flexibility index (Phi) is 9.67. The number of aromatic nitrogens is 2. The van der Waals surface area contributed by atoms with Crippen molar-refractivity contribution < 1.29 is 28.5 Å². The van der Waals surface area contributed by atoms with Crippen molar-refractivity contribution >= 4 is 56.1 Å². The Morgan fingerprint density at radius 2 is 1.89 bits per heavy atom. The van der Waals surface area contributed by atoms with Gasteiger partial charge in [-0.15, -0.1) is 0 Å². The molecule has 0 aliphatic carbocycles. The van der Waals surface area contributed by atoms with Crippen LogP contribution < -0.4 is 24.4 Å². The van der Waals surface area contributed by atoms with E-state index in [1.807, 2.05) is 52.9 Å². The number of ether oxygens (including phenoxy) is 4. The molecule has 0 saturated carbocycles. The fraction of sp³-hybridized carbons (Fsp3) is 0.353. The first-order valence-electron chi connectivity index (χ1n) is 15.4. The van der Waals surface area contributed by atoms with Crippen LogP contribution in [0, 0.1) is 0 Å². The number of carbonyl (C=O) groups is 2. The van der Waals surface area contributed by atoms with E-state index in [9.17, 15) is 14.4 Å². The Morgan fingerprint density at radius 3 is 2.62 bits per heavy atom. The van der Waals surface area contributed by atoms with Gasteiger partial charge in [-0.2, -0.15) is 0 Å². The van der Waals surface area contributed by atoms with Gasteiger partial charge < -0.3 is 28.4 Å². The molecule has 0 unspecified atom stereocenters. The summed E-state index contributed by atoms with van der Waals surface area (Å²) in [7, 11) is 1.55. The predicted octanol–water partition coefficient (Wildman–Crippen LogP) is 3.78. The van der Waals surface area contributed by atoms with Crippen molar-refractivity contribution in [1.29, 1.82) is 0 Å². The summed E-state index contributed by atoms with van der Waals surface area (Å²) in [5.41, 5.74) is 2.71. The molecular formula is C34H35BrN4O7S. The summed E-state index contributed by atoms with van der Waals surface area (Å²) < 4.78 is 26.8. The maximum atomic E-state index is 14.4. The van der Waals surface area contributed by atoms with E-state index in [4.69, 9.17) is 23.9 Å². The molecule has 47 heavy (non-hydrogen) atoms. The highest BCUT2D eigenvalue weighted by molar-refractivity contribution is 9.10. The van der Waals surface area contributed by atoms with E-state index in [0.29, 0.717) is 69.5 Å². The number of halogens is 1. The lowest BCUT2D eigenvalue weighted by Crippen LogP contribution is -2.42. The number of amides is 1. The molecule has 4 aromatic rings. The zero-order chi connectivity index (χ0) is 33.2. The van der Waals surface area contributed by atoms with Gasteiger partial charge in [0.15, 0.2) is 16.3 Å². The maximum Gasteiger partial charge on any atom is 0.338 e. The van der Waals surface area contributed by atoms with Crippen molar-refractivity contribution in [3.05, 3.63) is 89.2 Å². The Hall–Kier alpha value is -4.20. The quantitative estimate of drug-likeness (QED) is 0.242. The van der Waals surface area contributed by atoms with Gasteiger partial charge in [-0.1, -0.05) is 45.5 Å². The first-order chi connectivity index (χ1) is 22.7. The number of carbonyl (C=O) groups excluding carboxylic acids is 2. The van der Waals surface area contributed by atoms with Crippen LogP contribution in [0.5, 0.6) is 11.5 Å². The summed E-state index contributed by atoms with van der Waals surface area (Å²) in [6.45, 7) is 8.28. The van der Waals surface area contributed by atoms with Crippen molar-refractivity contribution in [3.63, 3.8) is 0 Å². The molecule has 2 aromatic carbocycles. The largest absolute Gasteiger partial charge is 0.493 e. The zero-order valence-corrected chi connectivity index (χ0v) is 29.0. The molecule has 4 heterocycles. The third-order valence-corrected chi connectivity index (χ3v) is 9.84. The highest BCUT2D eigenvalue weighted by atomic mass is 79.9. The van der Waals surface area contributed by atoms with Crippen LogP contribution in [0.2, 0.25) is 0 Å². The molecule has 11 nitrogen and oxygen atoms in total. The van der Waals surface area contributed by atoms with Gasteiger partial charge in [-0.05, 0) is 50.6 Å². The standard InChI is InChI=1S/C34H35BrN4O7S/c1-5-45-27-16-23(24(35)17-26(27)43-4)31-30(33(42)46-6-2)20(3)36-34-39(31)32(41)28(47-34)15-21-18-38(25-10-8-7-9-22(21)25)19-29(40)37-11-13-44-14-12-37/h7-10,15-18,31H,5-6,11-14,19H2,1-4H3/b28-15+/t31-/m1/s1. The molecule has 2 aliphatic heterocycles. The highest BCUT2D eigenvalue weighted by Crippen LogP contribution is 2.41. The minimum absolute atomic E-state index is 0.0124. The number of benzene rings is 2. The maximum absolute atomic E-state index is 14.4. The fourth-order valence-electron chi connectivity index (χ4n) is 5.99. The van der Waals surface area contributed by atoms with Crippen LogP contribution in [0.25, 0.3) is 17.0 Å². The van der Waals surface area contributed by atoms with Crippen LogP contribution in [0.15, 0.2) is 68.1 Å².